The summed E-state index contributed by atoms with van der Waals surface area (Å²) in [6.45, 7) is 0. The molecule has 1 aromatic carbocycles. The van der Waals surface area contributed by atoms with Crippen molar-refractivity contribution in [3.63, 3.8) is 0 Å². The number of benzene rings is 1. The van der Waals surface area contributed by atoms with E-state index in [9.17, 15) is 20.1 Å². The zero-order chi connectivity index (χ0) is 13.6. The molecule has 19 heavy (non-hydrogen) atoms. The highest BCUT2D eigenvalue weighted by Crippen LogP contribution is 2.60. The molecule has 0 spiro atoms. The van der Waals surface area contributed by atoms with E-state index in [4.69, 9.17) is 4.74 Å². The van der Waals surface area contributed by atoms with Crippen LogP contribution in [0.25, 0.3) is 0 Å². The number of hydrogen-bond acceptors (Lipinski definition) is 6. The van der Waals surface area contributed by atoms with Gasteiger partial charge in [0.2, 0.25) is 11.5 Å². The van der Waals surface area contributed by atoms with Crippen molar-refractivity contribution in [3.05, 3.63) is 30.1 Å². The van der Waals surface area contributed by atoms with Crippen molar-refractivity contribution < 1.29 is 24.9 Å². The Bertz CT molecular complexity index is 699. The van der Waals surface area contributed by atoms with Gasteiger partial charge in [-0.2, -0.15) is 0 Å². The second kappa shape index (κ2) is 3.77. The minimum atomic E-state index is -0.643. The highest BCUT2D eigenvalue weighted by molar-refractivity contribution is 6.07. The van der Waals surface area contributed by atoms with Crippen molar-refractivity contribution in [2.24, 2.45) is 0 Å². The van der Waals surface area contributed by atoms with Gasteiger partial charge >= 0.3 is 0 Å². The molecule has 0 saturated carbocycles. The average Bonchev–Trinajstić information content (AvgIpc) is 3.17. The number of nitrogens with one attached hydrogen (secondary N) is 1. The van der Waals surface area contributed by atoms with E-state index < -0.39 is 5.91 Å². The molecule has 0 bridgehead atoms. The quantitative estimate of drug-likeness (QED) is 0.316. The van der Waals surface area contributed by atoms with Gasteiger partial charge in [0.05, 0.1) is 17.4 Å². The summed E-state index contributed by atoms with van der Waals surface area (Å²) in [7, 11) is 0. The maximum atomic E-state index is 11.9. The molecule has 1 aliphatic heterocycles. The monoisotopic (exact) mass is 260 g/mol. The van der Waals surface area contributed by atoms with E-state index in [2.05, 4.69) is 10.3 Å². The number of nitrogens with zero attached hydrogens (tertiary/aromatic N) is 1. The number of hydrogen-bond donors (Lipinski definition) is 4. The highest BCUT2D eigenvalue weighted by Gasteiger charge is 2.32. The van der Waals surface area contributed by atoms with E-state index in [1.54, 1.807) is 0 Å². The summed E-state index contributed by atoms with van der Waals surface area (Å²) in [6, 6.07) is 2.49. The normalized spacial score (nSPS) is 11.4. The molecule has 2 aromatic rings. The van der Waals surface area contributed by atoms with Crippen molar-refractivity contribution in [1.29, 1.82) is 0 Å². The third kappa shape index (κ3) is 1.77. The van der Waals surface area contributed by atoms with Crippen LogP contribution in [0.1, 0.15) is 10.4 Å². The number of aromatic nitrogens is 1. The third-order valence-electron chi connectivity index (χ3n) is 2.65. The van der Waals surface area contributed by atoms with Crippen molar-refractivity contribution in [2.45, 2.75) is 0 Å². The summed E-state index contributed by atoms with van der Waals surface area (Å²) in [5, 5.41) is 31.0. The molecule has 7 heteroatoms. The molecular weight excluding hydrogens is 252 g/mol. The lowest BCUT2D eigenvalue weighted by molar-refractivity contribution is 0.102. The lowest BCUT2D eigenvalue weighted by Gasteiger charge is -2.06. The van der Waals surface area contributed by atoms with Crippen LogP contribution in [0, 0.1) is 0 Å². The van der Waals surface area contributed by atoms with Crippen LogP contribution in [0.15, 0.2) is 24.5 Å². The Kier molecular flexibility index (Phi) is 2.21. The predicted octanol–water partition coefficient (Wildman–Crippen LogP) is 1.56. The second-order valence-corrected chi connectivity index (χ2v) is 3.90. The first-order valence-electron chi connectivity index (χ1n) is 5.29. The third-order valence-corrected chi connectivity index (χ3v) is 2.65. The summed E-state index contributed by atoms with van der Waals surface area (Å²) < 4.78 is 4.84. The number of phenolic OH excluding ortho intramolecular Hbond substituents is 2. The Morgan fingerprint density at radius 3 is 2.74 bits per heavy atom. The van der Waals surface area contributed by atoms with Crippen molar-refractivity contribution >= 4 is 11.6 Å². The fourth-order valence-corrected chi connectivity index (χ4v) is 1.66. The number of rotatable bonds is 2. The zero-order valence-corrected chi connectivity index (χ0v) is 9.41. The van der Waals surface area contributed by atoms with E-state index in [-0.39, 0.29) is 40.0 Å². The summed E-state index contributed by atoms with van der Waals surface area (Å²) in [6.07, 6.45) is 2.48. The lowest BCUT2D eigenvalue weighted by atomic mass is 10.2. The molecule has 0 radical (unpaired) electrons. The van der Waals surface area contributed by atoms with Crippen LogP contribution in [0.3, 0.4) is 0 Å². The molecule has 0 unspecified atom stereocenters. The maximum Gasteiger partial charge on any atom is 0.259 e. The van der Waals surface area contributed by atoms with Crippen molar-refractivity contribution in [1.82, 2.24) is 4.98 Å². The molecule has 1 aromatic heterocycles. The first-order valence-corrected chi connectivity index (χ1v) is 5.29. The van der Waals surface area contributed by atoms with Crippen molar-refractivity contribution in [3.8, 4) is 28.7 Å². The molecule has 0 aliphatic carbocycles. The first-order chi connectivity index (χ1) is 9.08. The van der Waals surface area contributed by atoms with Gasteiger partial charge in [-0.1, -0.05) is 0 Å². The molecule has 2 heterocycles. The SMILES string of the molecule is O=C(Nc1cc(O)c2c(c1O)O2)c1ccncc1O. The van der Waals surface area contributed by atoms with E-state index in [0.717, 1.165) is 12.3 Å². The number of anilines is 1. The van der Waals surface area contributed by atoms with Gasteiger partial charge in [-0.05, 0) is 6.07 Å². The van der Waals surface area contributed by atoms with Gasteiger partial charge in [0.1, 0.15) is 5.75 Å². The topological polar surface area (TPSA) is 115 Å². The van der Waals surface area contributed by atoms with Crippen LogP contribution in [0.4, 0.5) is 5.69 Å². The first kappa shape index (κ1) is 11.1. The van der Waals surface area contributed by atoms with E-state index in [1.165, 1.54) is 12.3 Å². The molecule has 3 rings (SSSR count). The Morgan fingerprint density at radius 1 is 1.21 bits per heavy atom. The van der Waals surface area contributed by atoms with Crippen LogP contribution in [-0.2, 0) is 0 Å². The van der Waals surface area contributed by atoms with Gasteiger partial charge in [0.15, 0.2) is 11.5 Å². The summed E-state index contributed by atoms with van der Waals surface area (Å²) in [5.41, 5.74) is -0.00496. The molecule has 96 valence electrons. The zero-order valence-electron chi connectivity index (χ0n) is 9.41. The molecule has 0 atom stereocenters. The Labute approximate surface area is 106 Å². The minimum absolute atomic E-state index is 0.000295. The van der Waals surface area contributed by atoms with Crippen molar-refractivity contribution in [2.75, 3.05) is 5.32 Å². The molecule has 1 amide bonds. The van der Waals surface area contributed by atoms with E-state index in [0.29, 0.717) is 0 Å². The van der Waals surface area contributed by atoms with Crippen LogP contribution in [-0.4, -0.2) is 26.2 Å². The van der Waals surface area contributed by atoms with E-state index in [1.807, 2.05) is 0 Å². The number of fused-ring (bicyclic) bond motifs is 1. The van der Waals surface area contributed by atoms with Crippen LogP contribution >= 0.6 is 0 Å². The fraction of sp³-hybridized carbons (Fsp3) is 0. The molecule has 0 fully saturated rings. The molecule has 0 saturated heterocycles. The maximum absolute atomic E-state index is 11.9. The van der Waals surface area contributed by atoms with Gasteiger partial charge in [0.25, 0.3) is 5.91 Å². The van der Waals surface area contributed by atoms with E-state index >= 15 is 0 Å². The Hall–Kier alpha value is -2.96. The number of pyridine rings is 1. The molecular formula is C12H8N2O5. The summed E-state index contributed by atoms with van der Waals surface area (Å²) in [5.74, 6) is -1.05. The second-order valence-electron chi connectivity index (χ2n) is 3.90. The molecule has 7 nitrogen and oxygen atoms in total. The number of aromatic hydroxyl groups is 3. The molecule has 4 N–H and O–H groups in total. The number of carbonyl (C=O) groups excluding carboxylic acids is 1. The average molecular weight is 260 g/mol. The van der Waals surface area contributed by atoms with Crippen LogP contribution < -0.4 is 10.1 Å². The Balaban J connectivity index is 1.91. The number of ether oxygens (including phenoxy) is 1. The van der Waals surface area contributed by atoms with Gasteiger partial charge in [-0.3, -0.25) is 9.78 Å². The Morgan fingerprint density at radius 2 is 2.00 bits per heavy atom. The van der Waals surface area contributed by atoms with Gasteiger partial charge in [-0.25, -0.2) is 0 Å². The summed E-state index contributed by atoms with van der Waals surface area (Å²) in [4.78, 5) is 15.5. The van der Waals surface area contributed by atoms with Gasteiger partial charge < -0.3 is 25.4 Å². The lowest BCUT2D eigenvalue weighted by Crippen LogP contribution is -2.12. The molecule has 1 aliphatic rings. The van der Waals surface area contributed by atoms with Gasteiger partial charge in [0, 0.05) is 12.3 Å². The smallest absolute Gasteiger partial charge is 0.259 e. The predicted molar refractivity (Wildman–Crippen MR) is 63.7 cm³/mol. The van der Waals surface area contributed by atoms with Crippen LogP contribution in [0.2, 0.25) is 0 Å². The number of phenols is 2. The standard InChI is InChI=1S/C12H8N2O5/c15-7-3-6(9(17)11-10(7)19-11)14-12(18)5-1-2-13-4-8(5)16/h1-4,15-17H,(H,14,18). The fourth-order valence-electron chi connectivity index (χ4n) is 1.66. The largest absolute Gasteiger partial charge is 0.505 e. The number of carbonyl (C=O) groups is 1. The number of amides is 1. The highest BCUT2D eigenvalue weighted by atomic mass is 16.6. The van der Waals surface area contributed by atoms with Crippen LogP contribution in [0.5, 0.6) is 28.7 Å². The van der Waals surface area contributed by atoms with Gasteiger partial charge in [-0.15, -0.1) is 0 Å². The minimum Gasteiger partial charge on any atom is -0.505 e. The summed E-state index contributed by atoms with van der Waals surface area (Å²) >= 11 is 0.